The summed E-state index contributed by atoms with van der Waals surface area (Å²) in [6, 6.07) is 8.95. The van der Waals surface area contributed by atoms with Crippen molar-refractivity contribution in [2.24, 2.45) is 11.7 Å². The molecule has 22 heavy (non-hydrogen) atoms. The lowest BCUT2D eigenvalue weighted by Gasteiger charge is -2.31. The Morgan fingerprint density at radius 2 is 2.00 bits per heavy atom. The first-order valence-corrected chi connectivity index (χ1v) is 7.79. The van der Waals surface area contributed by atoms with Crippen LogP contribution in [0.1, 0.15) is 32.4 Å². The molecule has 0 saturated carbocycles. The normalized spacial score (nSPS) is 24.2. The van der Waals surface area contributed by atoms with Crippen molar-refractivity contribution >= 4 is 5.91 Å². The van der Waals surface area contributed by atoms with Gasteiger partial charge in [-0.05, 0) is 26.3 Å². The lowest BCUT2D eigenvalue weighted by atomic mass is 10.0. The van der Waals surface area contributed by atoms with Crippen LogP contribution in [0.4, 0.5) is 0 Å². The lowest BCUT2D eigenvalue weighted by Crippen LogP contribution is -2.43. The molecule has 0 aromatic heterocycles. The Morgan fingerprint density at radius 3 is 2.50 bits per heavy atom. The van der Waals surface area contributed by atoms with Gasteiger partial charge in [0.25, 0.3) is 0 Å². The molecule has 5 nitrogen and oxygen atoms in total. The van der Waals surface area contributed by atoms with E-state index in [0.29, 0.717) is 6.54 Å². The summed E-state index contributed by atoms with van der Waals surface area (Å²) >= 11 is 0. The Kier molecular flexibility index (Phi) is 5.21. The van der Waals surface area contributed by atoms with Crippen LogP contribution >= 0.6 is 0 Å². The molecule has 1 aliphatic heterocycles. The summed E-state index contributed by atoms with van der Waals surface area (Å²) in [4.78, 5) is 14.8. The van der Waals surface area contributed by atoms with Crippen LogP contribution in [0.5, 0.6) is 0 Å². The van der Waals surface area contributed by atoms with Gasteiger partial charge in [0.1, 0.15) is 0 Å². The monoisotopic (exact) mass is 305 g/mol. The minimum atomic E-state index is -0.385. The molecule has 122 valence electrons. The van der Waals surface area contributed by atoms with E-state index >= 15 is 0 Å². The van der Waals surface area contributed by atoms with Gasteiger partial charge < -0.3 is 16.2 Å². The molecule has 0 radical (unpaired) electrons. The third-order valence-electron chi connectivity index (χ3n) is 4.35. The number of carbonyl (C=O) groups is 1. The zero-order chi connectivity index (χ0) is 16.3. The lowest BCUT2D eigenvalue weighted by molar-refractivity contribution is -0.126. The topological polar surface area (TPSA) is 78.6 Å². The molecule has 1 saturated heterocycles. The number of nitrogens with two attached hydrogens (primary N) is 1. The molecule has 4 N–H and O–H groups in total. The van der Waals surface area contributed by atoms with E-state index in [0.717, 1.165) is 12.1 Å². The maximum Gasteiger partial charge on any atom is 0.226 e. The molecule has 0 aliphatic carbocycles. The number of rotatable bonds is 4. The number of nitrogens with one attached hydrogen (secondary N) is 1. The molecule has 3 atom stereocenters. The van der Waals surface area contributed by atoms with Gasteiger partial charge in [0.05, 0.1) is 18.6 Å². The van der Waals surface area contributed by atoms with Gasteiger partial charge in [-0.2, -0.15) is 0 Å². The molecule has 1 aromatic carbocycles. The molecule has 1 fully saturated rings. The highest BCUT2D eigenvalue weighted by atomic mass is 16.3. The smallest absolute Gasteiger partial charge is 0.226 e. The highest BCUT2D eigenvalue weighted by molar-refractivity contribution is 5.80. The Balaban J connectivity index is 2.02. The number of benzene rings is 1. The molecular formula is C17H27N3O2. The number of amides is 1. The summed E-state index contributed by atoms with van der Waals surface area (Å²) in [5.41, 5.74) is 7.06. The number of nitrogens with zero attached hydrogens (tertiary/aromatic N) is 1. The second-order valence-electron chi connectivity index (χ2n) is 7.00. The van der Waals surface area contributed by atoms with Crippen molar-refractivity contribution in [1.82, 2.24) is 10.2 Å². The van der Waals surface area contributed by atoms with Crippen LogP contribution in [0.3, 0.4) is 0 Å². The maximum absolute atomic E-state index is 12.5. The van der Waals surface area contributed by atoms with Crippen molar-refractivity contribution in [3.05, 3.63) is 35.9 Å². The van der Waals surface area contributed by atoms with E-state index in [9.17, 15) is 9.90 Å². The van der Waals surface area contributed by atoms with E-state index in [1.54, 1.807) is 0 Å². The summed E-state index contributed by atoms with van der Waals surface area (Å²) in [5.74, 6) is -0.320. The fourth-order valence-corrected chi connectivity index (χ4v) is 2.85. The molecule has 1 unspecified atom stereocenters. The molecule has 1 aliphatic rings. The van der Waals surface area contributed by atoms with Crippen molar-refractivity contribution in [1.29, 1.82) is 0 Å². The van der Waals surface area contributed by atoms with Crippen LogP contribution in [-0.4, -0.2) is 47.2 Å². The summed E-state index contributed by atoms with van der Waals surface area (Å²) in [7, 11) is 0. The SMILES string of the molecule is CC(C)(C)N1C[C@H](N)[C@H](C(=O)NC(CO)c2ccccc2)C1. The highest BCUT2D eigenvalue weighted by Crippen LogP contribution is 2.24. The van der Waals surface area contributed by atoms with Gasteiger partial charge in [-0.1, -0.05) is 30.3 Å². The standard InChI is InChI=1S/C17H27N3O2/c1-17(2,3)20-9-13(14(18)10-20)16(22)19-15(11-21)12-7-5-4-6-8-12/h4-8,13-15,21H,9-11,18H2,1-3H3,(H,19,22)/t13-,14+,15?/m1/s1. The molecule has 2 rings (SSSR count). The summed E-state index contributed by atoms with van der Waals surface area (Å²) in [5, 5.41) is 12.5. The van der Waals surface area contributed by atoms with Gasteiger partial charge in [-0.15, -0.1) is 0 Å². The summed E-state index contributed by atoms with van der Waals surface area (Å²) in [6.45, 7) is 7.63. The quantitative estimate of drug-likeness (QED) is 0.772. The first-order chi connectivity index (χ1) is 10.3. The largest absolute Gasteiger partial charge is 0.394 e. The fourth-order valence-electron chi connectivity index (χ4n) is 2.85. The van der Waals surface area contributed by atoms with E-state index in [1.807, 2.05) is 30.3 Å². The van der Waals surface area contributed by atoms with Crippen molar-refractivity contribution in [2.45, 2.75) is 38.4 Å². The van der Waals surface area contributed by atoms with Crippen LogP contribution < -0.4 is 11.1 Å². The number of aliphatic hydroxyl groups excluding tert-OH is 1. The predicted octanol–water partition coefficient (Wildman–Crippen LogP) is 0.894. The Hall–Kier alpha value is -1.43. The fraction of sp³-hybridized carbons (Fsp3) is 0.588. The average Bonchev–Trinajstić information content (AvgIpc) is 2.87. The van der Waals surface area contributed by atoms with Crippen LogP contribution in [-0.2, 0) is 4.79 Å². The van der Waals surface area contributed by atoms with Crippen LogP contribution in [0, 0.1) is 5.92 Å². The summed E-state index contributed by atoms with van der Waals surface area (Å²) < 4.78 is 0. The molecule has 0 spiro atoms. The van der Waals surface area contributed by atoms with Gasteiger partial charge in [-0.25, -0.2) is 0 Å². The van der Waals surface area contributed by atoms with Crippen molar-refractivity contribution < 1.29 is 9.90 Å². The zero-order valence-corrected chi connectivity index (χ0v) is 13.6. The molecule has 5 heteroatoms. The first-order valence-electron chi connectivity index (χ1n) is 7.79. The van der Waals surface area contributed by atoms with Crippen LogP contribution in [0.25, 0.3) is 0 Å². The minimum absolute atomic E-state index is 0.00244. The molecule has 0 bridgehead atoms. The number of hydrogen-bond donors (Lipinski definition) is 3. The summed E-state index contributed by atoms with van der Waals surface area (Å²) in [6.07, 6.45) is 0. The minimum Gasteiger partial charge on any atom is -0.394 e. The van der Waals surface area contributed by atoms with Crippen molar-refractivity contribution in [2.75, 3.05) is 19.7 Å². The van der Waals surface area contributed by atoms with Gasteiger partial charge in [-0.3, -0.25) is 9.69 Å². The van der Waals surface area contributed by atoms with E-state index in [-0.39, 0.29) is 36.1 Å². The molecule has 1 amide bonds. The molecule has 1 aromatic rings. The first kappa shape index (κ1) is 16.9. The number of aliphatic hydroxyl groups is 1. The van der Waals surface area contributed by atoms with Crippen molar-refractivity contribution in [3.63, 3.8) is 0 Å². The molecular weight excluding hydrogens is 278 g/mol. The van der Waals surface area contributed by atoms with Crippen LogP contribution in [0.2, 0.25) is 0 Å². The third kappa shape index (κ3) is 3.85. The van der Waals surface area contributed by atoms with Gasteiger partial charge in [0, 0.05) is 24.7 Å². The van der Waals surface area contributed by atoms with E-state index in [2.05, 4.69) is 31.0 Å². The maximum atomic E-state index is 12.5. The second-order valence-corrected chi connectivity index (χ2v) is 7.00. The zero-order valence-electron chi connectivity index (χ0n) is 13.6. The van der Waals surface area contributed by atoms with Gasteiger partial charge in [0.2, 0.25) is 5.91 Å². The van der Waals surface area contributed by atoms with E-state index in [4.69, 9.17) is 5.73 Å². The number of likely N-dealkylation sites (tertiary alicyclic amines) is 1. The van der Waals surface area contributed by atoms with E-state index < -0.39 is 0 Å². The Labute approximate surface area is 132 Å². The number of hydrogen-bond acceptors (Lipinski definition) is 4. The van der Waals surface area contributed by atoms with Crippen molar-refractivity contribution in [3.8, 4) is 0 Å². The predicted molar refractivity (Wildman–Crippen MR) is 87.2 cm³/mol. The second kappa shape index (κ2) is 6.77. The third-order valence-corrected chi connectivity index (χ3v) is 4.35. The van der Waals surface area contributed by atoms with Gasteiger partial charge >= 0.3 is 0 Å². The highest BCUT2D eigenvalue weighted by Gasteiger charge is 2.39. The number of carbonyl (C=O) groups excluding carboxylic acids is 1. The Bertz CT molecular complexity index is 498. The van der Waals surface area contributed by atoms with Gasteiger partial charge in [0.15, 0.2) is 0 Å². The Morgan fingerprint density at radius 1 is 1.36 bits per heavy atom. The average molecular weight is 305 g/mol. The molecule has 1 heterocycles. The van der Waals surface area contributed by atoms with Crippen LogP contribution in [0.15, 0.2) is 30.3 Å². The van der Waals surface area contributed by atoms with E-state index in [1.165, 1.54) is 0 Å².